The normalized spacial score (nSPS) is 18.5. The quantitative estimate of drug-likeness (QED) is 0.717. The van der Waals surface area contributed by atoms with Crippen LogP contribution in [0.4, 0.5) is 0 Å². The van der Waals surface area contributed by atoms with Crippen molar-refractivity contribution in [3.63, 3.8) is 0 Å². The number of ether oxygens (including phenoxy) is 1. The first kappa shape index (κ1) is 17.4. The zero-order valence-electron chi connectivity index (χ0n) is 12.3. The number of hydrogen-bond donors (Lipinski definition) is 1. The second kappa shape index (κ2) is 7.13. The average molecular weight is 269 g/mol. The number of carboxylic acid groups (broad SMARTS) is 1. The minimum atomic E-state index is -1.63. The summed E-state index contributed by atoms with van der Waals surface area (Å²) in [5.41, 5.74) is -1.63. The van der Waals surface area contributed by atoms with Crippen LogP contribution < -0.4 is 0 Å². The first-order valence-electron chi connectivity index (χ1n) is 6.55. The van der Waals surface area contributed by atoms with Crippen LogP contribution in [0.2, 0.25) is 0 Å². The highest BCUT2D eigenvalue weighted by Crippen LogP contribution is 2.43. The van der Waals surface area contributed by atoms with Crippen molar-refractivity contribution in [1.82, 2.24) is 0 Å². The summed E-state index contributed by atoms with van der Waals surface area (Å²) < 4.78 is 4.73. The minimum absolute atomic E-state index is 0.287. The molecular weight excluding hydrogens is 246 g/mol. The number of nitriles is 1. The SMILES string of the molecule is CCC(C)C(C(=O)O)C(C#N)(C(=O)OC)C(C)CC. The van der Waals surface area contributed by atoms with Crippen molar-refractivity contribution in [3.8, 4) is 6.07 Å². The lowest BCUT2D eigenvalue weighted by atomic mass is 9.62. The summed E-state index contributed by atoms with van der Waals surface area (Å²) in [7, 11) is 1.19. The van der Waals surface area contributed by atoms with Crippen LogP contribution in [0.5, 0.6) is 0 Å². The van der Waals surface area contributed by atoms with E-state index in [1.165, 1.54) is 7.11 Å². The van der Waals surface area contributed by atoms with E-state index in [9.17, 15) is 20.0 Å². The van der Waals surface area contributed by atoms with Gasteiger partial charge < -0.3 is 9.84 Å². The Hall–Kier alpha value is -1.57. The highest BCUT2D eigenvalue weighted by atomic mass is 16.5. The number of esters is 1. The zero-order chi connectivity index (χ0) is 15.2. The van der Waals surface area contributed by atoms with E-state index in [4.69, 9.17) is 4.74 Å². The Balaban J connectivity index is 5.99. The maximum atomic E-state index is 12.1. The molecule has 4 unspecified atom stereocenters. The standard InChI is InChI=1S/C14H23NO4/c1-6-9(3)11(12(16)17)14(8-15,10(4)7-2)13(18)19-5/h9-11H,6-7H2,1-5H3,(H,16,17). The third-order valence-corrected chi connectivity index (χ3v) is 4.07. The van der Waals surface area contributed by atoms with Crippen LogP contribution in [0, 0.1) is 34.5 Å². The molecule has 0 aliphatic heterocycles. The van der Waals surface area contributed by atoms with Crippen molar-refractivity contribution < 1.29 is 19.4 Å². The van der Waals surface area contributed by atoms with E-state index in [0.717, 1.165) is 0 Å². The van der Waals surface area contributed by atoms with Gasteiger partial charge in [0.25, 0.3) is 0 Å². The van der Waals surface area contributed by atoms with Gasteiger partial charge in [-0.3, -0.25) is 9.59 Å². The van der Waals surface area contributed by atoms with E-state index < -0.39 is 23.3 Å². The van der Waals surface area contributed by atoms with E-state index in [2.05, 4.69) is 0 Å². The Kier molecular flexibility index (Phi) is 6.54. The van der Waals surface area contributed by atoms with Crippen molar-refractivity contribution in [2.45, 2.75) is 40.5 Å². The van der Waals surface area contributed by atoms with Gasteiger partial charge in [-0.2, -0.15) is 5.26 Å². The number of carbonyl (C=O) groups excluding carboxylic acids is 1. The molecule has 4 atom stereocenters. The molecule has 0 aromatic rings. The fourth-order valence-electron chi connectivity index (χ4n) is 2.47. The second-order valence-corrected chi connectivity index (χ2v) is 4.98. The molecule has 0 spiro atoms. The van der Waals surface area contributed by atoms with Gasteiger partial charge in [-0.1, -0.05) is 40.5 Å². The van der Waals surface area contributed by atoms with Gasteiger partial charge >= 0.3 is 11.9 Å². The largest absolute Gasteiger partial charge is 0.481 e. The fraction of sp³-hybridized carbons (Fsp3) is 0.786. The molecule has 0 aliphatic rings. The smallest absolute Gasteiger partial charge is 0.327 e. The molecule has 0 amide bonds. The molecule has 0 aromatic carbocycles. The topological polar surface area (TPSA) is 87.4 Å². The molecule has 5 nitrogen and oxygen atoms in total. The van der Waals surface area contributed by atoms with Gasteiger partial charge in [0.15, 0.2) is 5.41 Å². The van der Waals surface area contributed by atoms with Gasteiger partial charge in [-0.15, -0.1) is 0 Å². The minimum Gasteiger partial charge on any atom is -0.481 e. The van der Waals surface area contributed by atoms with Crippen molar-refractivity contribution in [3.05, 3.63) is 0 Å². The molecule has 0 aliphatic carbocycles. The molecule has 19 heavy (non-hydrogen) atoms. The van der Waals surface area contributed by atoms with E-state index in [1.807, 2.05) is 19.9 Å². The monoisotopic (exact) mass is 269 g/mol. The molecule has 0 rings (SSSR count). The lowest BCUT2D eigenvalue weighted by molar-refractivity contribution is -0.167. The van der Waals surface area contributed by atoms with E-state index >= 15 is 0 Å². The molecule has 0 saturated carbocycles. The van der Waals surface area contributed by atoms with Crippen molar-refractivity contribution in [2.75, 3.05) is 7.11 Å². The number of methoxy groups -OCH3 is 1. The van der Waals surface area contributed by atoms with Crippen molar-refractivity contribution >= 4 is 11.9 Å². The number of rotatable bonds is 7. The average Bonchev–Trinajstić information content (AvgIpc) is 2.41. The van der Waals surface area contributed by atoms with Crippen LogP contribution in [-0.4, -0.2) is 24.2 Å². The molecular formula is C14H23NO4. The van der Waals surface area contributed by atoms with E-state index in [1.54, 1.807) is 13.8 Å². The van der Waals surface area contributed by atoms with Crippen molar-refractivity contribution in [2.24, 2.45) is 23.2 Å². The zero-order valence-corrected chi connectivity index (χ0v) is 12.3. The van der Waals surface area contributed by atoms with Gasteiger partial charge in [-0.25, -0.2) is 0 Å². The highest BCUT2D eigenvalue weighted by molar-refractivity contribution is 5.87. The molecule has 108 valence electrons. The molecule has 0 fully saturated rings. The predicted molar refractivity (Wildman–Crippen MR) is 70.1 cm³/mol. The third kappa shape index (κ3) is 3.06. The molecule has 0 aromatic heterocycles. The van der Waals surface area contributed by atoms with Crippen LogP contribution in [-0.2, 0) is 14.3 Å². The summed E-state index contributed by atoms with van der Waals surface area (Å²) in [6, 6.07) is 1.96. The summed E-state index contributed by atoms with van der Waals surface area (Å²) in [6.07, 6.45) is 1.11. The summed E-state index contributed by atoms with van der Waals surface area (Å²) in [5.74, 6) is -3.62. The fourth-order valence-corrected chi connectivity index (χ4v) is 2.47. The lowest BCUT2D eigenvalue weighted by Crippen LogP contribution is -2.49. The number of carbonyl (C=O) groups is 2. The Morgan fingerprint density at radius 1 is 1.32 bits per heavy atom. The molecule has 0 saturated heterocycles. The summed E-state index contributed by atoms with van der Waals surface area (Å²) in [5, 5.41) is 19.0. The Bertz CT molecular complexity index is 374. The van der Waals surface area contributed by atoms with Crippen LogP contribution in [0.3, 0.4) is 0 Å². The summed E-state index contributed by atoms with van der Waals surface area (Å²) in [4.78, 5) is 23.7. The Morgan fingerprint density at radius 3 is 2.11 bits per heavy atom. The van der Waals surface area contributed by atoms with Crippen LogP contribution in [0.25, 0.3) is 0 Å². The van der Waals surface area contributed by atoms with Crippen LogP contribution in [0.15, 0.2) is 0 Å². The lowest BCUT2D eigenvalue weighted by Gasteiger charge is -2.37. The maximum Gasteiger partial charge on any atom is 0.327 e. The predicted octanol–water partition coefficient (Wildman–Crippen LogP) is 2.46. The summed E-state index contributed by atoms with van der Waals surface area (Å²) in [6.45, 7) is 7.14. The number of aliphatic carboxylic acids is 1. The maximum absolute atomic E-state index is 12.1. The molecule has 5 heteroatoms. The first-order valence-corrected chi connectivity index (χ1v) is 6.55. The van der Waals surface area contributed by atoms with Gasteiger partial charge in [0, 0.05) is 0 Å². The first-order chi connectivity index (χ1) is 8.83. The van der Waals surface area contributed by atoms with Gasteiger partial charge in [0.05, 0.1) is 19.1 Å². The summed E-state index contributed by atoms with van der Waals surface area (Å²) >= 11 is 0. The Labute approximate surface area is 114 Å². The number of hydrogen-bond acceptors (Lipinski definition) is 4. The van der Waals surface area contributed by atoms with E-state index in [0.29, 0.717) is 12.8 Å². The Morgan fingerprint density at radius 2 is 1.84 bits per heavy atom. The highest BCUT2D eigenvalue weighted by Gasteiger charge is 2.55. The van der Waals surface area contributed by atoms with Crippen molar-refractivity contribution in [1.29, 1.82) is 5.26 Å². The van der Waals surface area contributed by atoms with Gasteiger partial charge in [-0.05, 0) is 11.8 Å². The van der Waals surface area contributed by atoms with Gasteiger partial charge in [0.1, 0.15) is 0 Å². The van der Waals surface area contributed by atoms with Crippen LogP contribution in [0.1, 0.15) is 40.5 Å². The van der Waals surface area contributed by atoms with E-state index in [-0.39, 0.29) is 11.8 Å². The number of nitrogens with zero attached hydrogens (tertiary/aromatic N) is 1. The van der Waals surface area contributed by atoms with Gasteiger partial charge in [0.2, 0.25) is 0 Å². The third-order valence-electron chi connectivity index (χ3n) is 4.07. The molecule has 0 bridgehead atoms. The molecule has 0 radical (unpaired) electrons. The second-order valence-electron chi connectivity index (χ2n) is 4.98. The van der Waals surface area contributed by atoms with Crippen LogP contribution >= 0.6 is 0 Å². The molecule has 1 N–H and O–H groups in total. The number of carboxylic acids is 1. The molecule has 0 heterocycles.